The van der Waals surface area contributed by atoms with Crippen molar-refractivity contribution in [1.29, 1.82) is 0 Å². The molecule has 0 amide bonds. The molecule has 0 spiro atoms. The summed E-state index contributed by atoms with van der Waals surface area (Å²) < 4.78 is 7.77. The molecule has 0 aliphatic carbocycles. The molecular formula is C13H19N3O5. The number of aromatic nitrogens is 3. The minimum atomic E-state index is -0.710. The molecule has 0 bridgehead atoms. The average Bonchev–Trinajstić information content (AvgIpc) is 2.44. The fraction of sp³-hybridized carbons (Fsp3) is 0.538. The molecule has 1 heterocycles. The van der Waals surface area contributed by atoms with Crippen LogP contribution in [0.3, 0.4) is 0 Å². The van der Waals surface area contributed by atoms with Crippen LogP contribution in [0.5, 0.6) is 0 Å². The van der Waals surface area contributed by atoms with Gasteiger partial charge in [-0.1, -0.05) is 6.58 Å². The first-order valence-corrected chi connectivity index (χ1v) is 6.64. The number of hydrogen-bond donors (Lipinski definition) is 0. The first-order chi connectivity index (χ1) is 9.87. The van der Waals surface area contributed by atoms with Gasteiger partial charge >= 0.3 is 23.0 Å². The third-order valence-electron chi connectivity index (χ3n) is 2.94. The number of nitrogens with zero attached hydrogens (tertiary/aromatic N) is 3. The summed E-state index contributed by atoms with van der Waals surface area (Å²) in [6.07, 6.45) is 0.297. The standard InChI is InChI=1S/C13H19N3O5/c1-5-10(17)21-9(4)8-16-12(19)14(6-2)11(18)15(7-3)13(16)20/h5,9H,1,6-8H2,2-4H3. The van der Waals surface area contributed by atoms with E-state index in [2.05, 4.69) is 6.58 Å². The van der Waals surface area contributed by atoms with Crippen LogP contribution in [-0.4, -0.2) is 25.8 Å². The highest BCUT2D eigenvalue weighted by Crippen LogP contribution is 1.94. The summed E-state index contributed by atoms with van der Waals surface area (Å²) in [5, 5.41) is 0. The zero-order valence-corrected chi connectivity index (χ0v) is 12.4. The van der Waals surface area contributed by atoms with Gasteiger partial charge in [0, 0.05) is 19.2 Å². The molecule has 0 radical (unpaired) electrons. The predicted octanol–water partition coefficient (Wildman–Crippen LogP) is -0.671. The lowest BCUT2D eigenvalue weighted by molar-refractivity contribution is -0.142. The van der Waals surface area contributed by atoms with Gasteiger partial charge in [0.25, 0.3) is 0 Å². The second-order valence-corrected chi connectivity index (χ2v) is 4.40. The van der Waals surface area contributed by atoms with Gasteiger partial charge in [0.2, 0.25) is 0 Å². The van der Waals surface area contributed by atoms with Crippen LogP contribution in [0.15, 0.2) is 27.0 Å². The molecule has 116 valence electrons. The second kappa shape index (κ2) is 6.87. The van der Waals surface area contributed by atoms with Gasteiger partial charge in [0.05, 0.1) is 6.54 Å². The third kappa shape index (κ3) is 3.39. The Balaban J connectivity index is 3.34. The summed E-state index contributed by atoms with van der Waals surface area (Å²) >= 11 is 0. The van der Waals surface area contributed by atoms with Crippen molar-refractivity contribution in [2.75, 3.05) is 0 Å². The molecule has 0 saturated carbocycles. The van der Waals surface area contributed by atoms with Gasteiger partial charge in [0.15, 0.2) is 0 Å². The number of esters is 1. The fourth-order valence-electron chi connectivity index (χ4n) is 1.92. The van der Waals surface area contributed by atoms with E-state index < -0.39 is 29.1 Å². The van der Waals surface area contributed by atoms with E-state index in [1.807, 2.05) is 0 Å². The maximum absolute atomic E-state index is 12.2. The van der Waals surface area contributed by atoms with Gasteiger partial charge in [-0.25, -0.2) is 32.9 Å². The lowest BCUT2D eigenvalue weighted by atomic mass is 10.4. The zero-order chi connectivity index (χ0) is 16.2. The summed E-state index contributed by atoms with van der Waals surface area (Å²) in [5.41, 5.74) is -2.06. The van der Waals surface area contributed by atoms with E-state index in [1.165, 1.54) is 0 Å². The summed E-state index contributed by atoms with van der Waals surface area (Å²) in [4.78, 5) is 47.4. The molecule has 0 aliphatic heterocycles. The molecule has 21 heavy (non-hydrogen) atoms. The number of hydrogen-bond acceptors (Lipinski definition) is 5. The molecule has 8 heteroatoms. The normalized spacial score (nSPS) is 12.0. The molecule has 0 fully saturated rings. The summed E-state index contributed by atoms with van der Waals surface area (Å²) in [7, 11) is 0. The predicted molar refractivity (Wildman–Crippen MR) is 76.3 cm³/mol. The van der Waals surface area contributed by atoms with E-state index in [-0.39, 0.29) is 19.6 Å². The smallest absolute Gasteiger partial charge is 0.336 e. The summed E-state index contributed by atoms with van der Waals surface area (Å²) in [6.45, 7) is 8.27. The molecule has 1 unspecified atom stereocenters. The Morgan fingerprint density at radius 3 is 1.90 bits per heavy atom. The van der Waals surface area contributed by atoms with Crippen molar-refractivity contribution >= 4 is 5.97 Å². The molecule has 1 atom stereocenters. The van der Waals surface area contributed by atoms with Crippen LogP contribution in [0.4, 0.5) is 0 Å². The van der Waals surface area contributed by atoms with Crippen LogP contribution < -0.4 is 17.1 Å². The second-order valence-electron chi connectivity index (χ2n) is 4.40. The van der Waals surface area contributed by atoms with Crippen LogP contribution in [0, 0.1) is 0 Å². The van der Waals surface area contributed by atoms with Gasteiger partial charge in [-0.15, -0.1) is 0 Å². The van der Waals surface area contributed by atoms with E-state index >= 15 is 0 Å². The molecular weight excluding hydrogens is 278 g/mol. The Kier molecular flexibility index (Phi) is 5.45. The highest BCUT2D eigenvalue weighted by Gasteiger charge is 2.16. The molecule has 0 saturated heterocycles. The van der Waals surface area contributed by atoms with Crippen LogP contribution in [0.2, 0.25) is 0 Å². The Morgan fingerprint density at radius 2 is 1.52 bits per heavy atom. The van der Waals surface area contributed by atoms with Crippen LogP contribution in [-0.2, 0) is 29.2 Å². The zero-order valence-electron chi connectivity index (χ0n) is 12.4. The van der Waals surface area contributed by atoms with Crippen molar-refractivity contribution in [1.82, 2.24) is 13.7 Å². The van der Waals surface area contributed by atoms with Gasteiger partial charge in [0.1, 0.15) is 6.10 Å². The van der Waals surface area contributed by atoms with E-state index in [0.29, 0.717) is 0 Å². The molecule has 1 aromatic rings. The van der Waals surface area contributed by atoms with Crippen molar-refractivity contribution in [2.24, 2.45) is 0 Å². The Labute approximate surface area is 120 Å². The van der Waals surface area contributed by atoms with Crippen molar-refractivity contribution < 1.29 is 9.53 Å². The summed E-state index contributed by atoms with van der Waals surface area (Å²) in [6, 6.07) is 0. The quantitative estimate of drug-likeness (QED) is 0.513. The lowest BCUT2D eigenvalue weighted by Gasteiger charge is -2.15. The largest absolute Gasteiger partial charge is 0.458 e. The molecule has 1 aromatic heterocycles. The molecule has 0 aromatic carbocycles. The first-order valence-electron chi connectivity index (χ1n) is 6.64. The Hall–Kier alpha value is -2.38. The SMILES string of the molecule is C=CC(=O)OC(C)Cn1c(=O)n(CC)c(=O)n(CC)c1=O. The topological polar surface area (TPSA) is 92.3 Å². The monoisotopic (exact) mass is 297 g/mol. The third-order valence-corrected chi connectivity index (χ3v) is 2.94. The van der Waals surface area contributed by atoms with Crippen molar-refractivity contribution in [3.05, 3.63) is 44.1 Å². The van der Waals surface area contributed by atoms with Crippen LogP contribution in [0.25, 0.3) is 0 Å². The first kappa shape index (κ1) is 16.7. The average molecular weight is 297 g/mol. The highest BCUT2D eigenvalue weighted by atomic mass is 16.5. The lowest BCUT2D eigenvalue weighted by Crippen LogP contribution is -2.55. The van der Waals surface area contributed by atoms with Gasteiger partial charge in [-0.05, 0) is 20.8 Å². The number of carbonyl (C=O) groups is 1. The molecule has 1 rings (SSSR count). The number of rotatable bonds is 6. The van der Waals surface area contributed by atoms with E-state index in [1.54, 1.807) is 20.8 Å². The van der Waals surface area contributed by atoms with Gasteiger partial charge in [-0.3, -0.25) is 0 Å². The van der Waals surface area contributed by atoms with Crippen LogP contribution >= 0.6 is 0 Å². The van der Waals surface area contributed by atoms with Gasteiger partial charge in [-0.2, -0.15) is 0 Å². The maximum atomic E-state index is 12.2. The fourth-order valence-corrected chi connectivity index (χ4v) is 1.92. The molecule has 8 nitrogen and oxygen atoms in total. The Morgan fingerprint density at radius 1 is 1.10 bits per heavy atom. The molecule has 0 N–H and O–H groups in total. The number of ether oxygens (including phenoxy) is 1. The van der Waals surface area contributed by atoms with Gasteiger partial charge < -0.3 is 4.74 Å². The Bertz CT molecular complexity index is 668. The van der Waals surface area contributed by atoms with E-state index in [4.69, 9.17) is 4.74 Å². The van der Waals surface area contributed by atoms with E-state index in [9.17, 15) is 19.2 Å². The minimum Gasteiger partial charge on any atom is -0.458 e. The maximum Gasteiger partial charge on any atom is 0.336 e. The van der Waals surface area contributed by atoms with Crippen molar-refractivity contribution in [2.45, 2.75) is 46.5 Å². The molecule has 0 aliphatic rings. The van der Waals surface area contributed by atoms with Crippen molar-refractivity contribution in [3.8, 4) is 0 Å². The highest BCUT2D eigenvalue weighted by molar-refractivity contribution is 5.81. The van der Waals surface area contributed by atoms with Crippen LogP contribution in [0.1, 0.15) is 20.8 Å². The summed E-state index contributed by atoms with van der Waals surface area (Å²) in [5.74, 6) is -0.643. The number of carbonyl (C=O) groups excluding carboxylic acids is 1. The van der Waals surface area contributed by atoms with E-state index in [0.717, 1.165) is 19.8 Å². The van der Waals surface area contributed by atoms with Crippen molar-refractivity contribution in [3.63, 3.8) is 0 Å². The minimum absolute atomic E-state index is 0.127.